The number of hydrogen-bond donors (Lipinski definition) is 2. The molecule has 1 aromatic rings. The molecule has 0 spiro atoms. The van der Waals surface area contributed by atoms with Crippen molar-refractivity contribution in [2.24, 2.45) is 0 Å². The number of likely N-dealkylation sites (N-methyl/N-ethyl adjacent to an activating group) is 1. The normalized spacial score (nSPS) is 10.6. The average molecular weight is 301 g/mol. The van der Waals surface area contributed by atoms with E-state index >= 15 is 0 Å². The summed E-state index contributed by atoms with van der Waals surface area (Å²) >= 11 is 3.27. The highest BCUT2D eigenvalue weighted by atomic mass is 79.9. The van der Waals surface area contributed by atoms with Crippen LogP contribution in [-0.4, -0.2) is 42.6 Å². The molecule has 0 aromatic heterocycles. The highest BCUT2D eigenvalue weighted by Crippen LogP contribution is 2.21. The first-order valence-corrected chi connectivity index (χ1v) is 6.29. The van der Waals surface area contributed by atoms with E-state index in [1.54, 1.807) is 12.1 Å². The fraction of sp³-hybridized carbons (Fsp3) is 0.417. The van der Waals surface area contributed by atoms with Crippen LogP contribution in [0.1, 0.15) is 17.3 Å². The predicted molar refractivity (Wildman–Crippen MR) is 71.3 cm³/mol. The minimum Gasteiger partial charge on any atom is -0.507 e. The van der Waals surface area contributed by atoms with E-state index in [1.165, 1.54) is 6.07 Å². The summed E-state index contributed by atoms with van der Waals surface area (Å²) in [7, 11) is 1.99. The van der Waals surface area contributed by atoms with Crippen molar-refractivity contribution < 1.29 is 9.90 Å². The van der Waals surface area contributed by atoms with Gasteiger partial charge in [0.2, 0.25) is 0 Å². The molecule has 1 amide bonds. The lowest BCUT2D eigenvalue weighted by Crippen LogP contribution is -2.32. The molecule has 0 heterocycles. The summed E-state index contributed by atoms with van der Waals surface area (Å²) in [6, 6.07) is 4.79. The van der Waals surface area contributed by atoms with Gasteiger partial charge in [-0.2, -0.15) is 0 Å². The lowest BCUT2D eigenvalue weighted by molar-refractivity contribution is 0.0947. The van der Waals surface area contributed by atoms with Crippen LogP contribution in [0.3, 0.4) is 0 Å². The molecular formula is C12H17BrN2O2. The number of hydrogen-bond acceptors (Lipinski definition) is 3. The van der Waals surface area contributed by atoms with Gasteiger partial charge in [-0.1, -0.05) is 22.9 Å². The number of nitrogens with zero attached hydrogens (tertiary/aromatic N) is 1. The third-order valence-electron chi connectivity index (χ3n) is 2.52. The number of phenolic OH excluding ortho intramolecular Hbond substituents is 1. The lowest BCUT2D eigenvalue weighted by atomic mass is 10.2. The first-order valence-electron chi connectivity index (χ1n) is 5.50. The number of benzene rings is 1. The molecular weight excluding hydrogens is 284 g/mol. The van der Waals surface area contributed by atoms with Gasteiger partial charge < -0.3 is 15.3 Å². The van der Waals surface area contributed by atoms with Crippen molar-refractivity contribution in [3.63, 3.8) is 0 Å². The van der Waals surface area contributed by atoms with Gasteiger partial charge in [-0.15, -0.1) is 0 Å². The molecule has 0 unspecified atom stereocenters. The van der Waals surface area contributed by atoms with E-state index in [1.807, 2.05) is 7.05 Å². The van der Waals surface area contributed by atoms with Crippen molar-refractivity contribution in [1.82, 2.24) is 10.2 Å². The van der Waals surface area contributed by atoms with Crippen molar-refractivity contribution in [3.8, 4) is 5.75 Å². The van der Waals surface area contributed by atoms with Crippen molar-refractivity contribution in [3.05, 3.63) is 28.2 Å². The van der Waals surface area contributed by atoms with Gasteiger partial charge in [-0.3, -0.25) is 4.79 Å². The third-order valence-corrected chi connectivity index (χ3v) is 3.02. The number of rotatable bonds is 5. The molecule has 0 radical (unpaired) electrons. The monoisotopic (exact) mass is 300 g/mol. The van der Waals surface area contributed by atoms with Gasteiger partial charge in [0.25, 0.3) is 5.91 Å². The van der Waals surface area contributed by atoms with Gasteiger partial charge >= 0.3 is 0 Å². The first-order chi connectivity index (χ1) is 8.04. The SMILES string of the molecule is CCN(C)CCNC(=O)c1cc(Br)ccc1O. The Bertz CT molecular complexity index is 396. The molecule has 0 aliphatic heterocycles. The standard InChI is InChI=1S/C12H17BrN2O2/c1-3-15(2)7-6-14-12(17)10-8-9(13)4-5-11(10)16/h4-5,8,16H,3,6-7H2,1-2H3,(H,14,17). The fourth-order valence-electron chi connectivity index (χ4n) is 1.30. The molecule has 4 nitrogen and oxygen atoms in total. The summed E-state index contributed by atoms with van der Waals surface area (Å²) < 4.78 is 0.770. The summed E-state index contributed by atoms with van der Waals surface area (Å²) in [4.78, 5) is 13.9. The zero-order valence-electron chi connectivity index (χ0n) is 10.0. The number of carbonyl (C=O) groups is 1. The van der Waals surface area contributed by atoms with Crippen LogP contribution in [0.4, 0.5) is 0 Å². The predicted octanol–water partition coefficient (Wildman–Crippen LogP) is 1.84. The maximum Gasteiger partial charge on any atom is 0.255 e. The highest BCUT2D eigenvalue weighted by Gasteiger charge is 2.10. The summed E-state index contributed by atoms with van der Waals surface area (Å²) in [5.74, 6) is -0.261. The van der Waals surface area contributed by atoms with Gasteiger partial charge in [-0.25, -0.2) is 0 Å². The van der Waals surface area contributed by atoms with E-state index in [9.17, 15) is 9.90 Å². The third kappa shape index (κ3) is 4.36. The molecule has 2 N–H and O–H groups in total. The van der Waals surface area contributed by atoms with Crippen molar-refractivity contribution in [2.75, 3.05) is 26.7 Å². The summed E-state index contributed by atoms with van der Waals surface area (Å²) in [5.41, 5.74) is 0.290. The van der Waals surface area contributed by atoms with Crippen molar-refractivity contribution >= 4 is 21.8 Å². The molecule has 0 saturated carbocycles. The van der Waals surface area contributed by atoms with Gasteiger partial charge in [0.1, 0.15) is 5.75 Å². The summed E-state index contributed by atoms with van der Waals surface area (Å²) in [5, 5.41) is 12.3. The van der Waals surface area contributed by atoms with E-state index in [4.69, 9.17) is 0 Å². The largest absolute Gasteiger partial charge is 0.507 e. The van der Waals surface area contributed by atoms with E-state index < -0.39 is 0 Å². The Kier molecular flexibility index (Phi) is 5.44. The second-order valence-corrected chi connectivity index (χ2v) is 4.73. The zero-order valence-corrected chi connectivity index (χ0v) is 11.6. The average Bonchev–Trinajstić information content (AvgIpc) is 2.31. The maximum absolute atomic E-state index is 11.8. The zero-order chi connectivity index (χ0) is 12.8. The minimum atomic E-state index is -0.256. The van der Waals surface area contributed by atoms with E-state index in [-0.39, 0.29) is 11.7 Å². The Morgan fingerprint density at radius 2 is 2.24 bits per heavy atom. The molecule has 0 aliphatic rings. The maximum atomic E-state index is 11.8. The molecule has 94 valence electrons. The summed E-state index contributed by atoms with van der Waals surface area (Å²) in [6.07, 6.45) is 0. The molecule has 0 aliphatic carbocycles. The first kappa shape index (κ1) is 14.0. The number of amides is 1. The van der Waals surface area contributed by atoms with Crippen LogP contribution in [0.25, 0.3) is 0 Å². The number of aromatic hydroxyl groups is 1. The molecule has 0 saturated heterocycles. The Morgan fingerprint density at radius 1 is 1.53 bits per heavy atom. The number of phenols is 1. The van der Waals surface area contributed by atoms with E-state index in [0.29, 0.717) is 12.1 Å². The Hall–Kier alpha value is -1.07. The Morgan fingerprint density at radius 3 is 2.88 bits per heavy atom. The van der Waals surface area contributed by atoms with Crippen molar-refractivity contribution in [2.45, 2.75) is 6.92 Å². The van der Waals surface area contributed by atoms with Crippen LogP contribution in [0, 0.1) is 0 Å². The van der Waals surface area contributed by atoms with Crippen LogP contribution in [-0.2, 0) is 0 Å². The molecule has 0 bridgehead atoms. The number of nitrogens with one attached hydrogen (secondary N) is 1. The molecule has 0 fully saturated rings. The topological polar surface area (TPSA) is 52.6 Å². The molecule has 1 rings (SSSR count). The molecule has 5 heteroatoms. The van der Waals surface area contributed by atoms with Gasteiger partial charge in [0.05, 0.1) is 5.56 Å². The van der Waals surface area contributed by atoms with E-state index in [2.05, 4.69) is 33.1 Å². The van der Waals surface area contributed by atoms with Gasteiger partial charge in [0.15, 0.2) is 0 Å². The fourth-order valence-corrected chi connectivity index (χ4v) is 1.66. The van der Waals surface area contributed by atoms with Gasteiger partial charge in [0, 0.05) is 17.6 Å². The van der Waals surface area contributed by atoms with Crippen LogP contribution >= 0.6 is 15.9 Å². The molecule has 17 heavy (non-hydrogen) atoms. The van der Waals surface area contributed by atoms with Gasteiger partial charge in [-0.05, 0) is 31.8 Å². The Balaban J connectivity index is 2.55. The second kappa shape index (κ2) is 6.61. The lowest BCUT2D eigenvalue weighted by Gasteiger charge is -2.14. The second-order valence-electron chi connectivity index (χ2n) is 3.81. The van der Waals surface area contributed by atoms with E-state index in [0.717, 1.165) is 17.6 Å². The number of halogens is 1. The highest BCUT2D eigenvalue weighted by molar-refractivity contribution is 9.10. The molecule has 1 aromatic carbocycles. The van der Waals surface area contributed by atoms with Crippen LogP contribution in [0.2, 0.25) is 0 Å². The van der Waals surface area contributed by atoms with Crippen LogP contribution in [0.15, 0.2) is 22.7 Å². The van der Waals surface area contributed by atoms with Crippen LogP contribution in [0.5, 0.6) is 5.75 Å². The Labute approximate surface area is 110 Å². The number of carbonyl (C=O) groups excluding carboxylic acids is 1. The quantitative estimate of drug-likeness (QED) is 0.872. The van der Waals surface area contributed by atoms with Crippen molar-refractivity contribution in [1.29, 1.82) is 0 Å². The van der Waals surface area contributed by atoms with Crippen LogP contribution < -0.4 is 5.32 Å². The minimum absolute atomic E-state index is 0.00505. The molecule has 0 atom stereocenters. The summed E-state index contributed by atoms with van der Waals surface area (Å²) in [6.45, 7) is 4.35. The smallest absolute Gasteiger partial charge is 0.255 e.